The second-order valence-electron chi connectivity index (χ2n) is 6.47. The number of aryl methyl sites for hydroxylation is 1. The van der Waals surface area contributed by atoms with E-state index in [2.05, 4.69) is 16.3 Å². The lowest BCUT2D eigenvalue weighted by molar-refractivity contribution is -0.144. The van der Waals surface area contributed by atoms with Crippen molar-refractivity contribution < 1.29 is 14.3 Å². The first-order valence-electron chi connectivity index (χ1n) is 8.77. The zero-order chi connectivity index (χ0) is 19.1. The molecule has 0 radical (unpaired) electrons. The number of benzene rings is 1. The lowest BCUT2D eigenvalue weighted by atomic mass is 10.0. The van der Waals surface area contributed by atoms with Gasteiger partial charge in [-0.2, -0.15) is 5.10 Å². The van der Waals surface area contributed by atoms with Gasteiger partial charge < -0.3 is 10.1 Å². The summed E-state index contributed by atoms with van der Waals surface area (Å²) >= 11 is 0. The maximum absolute atomic E-state index is 12.8. The van der Waals surface area contributed by atoms with Crippen LogP contribution in [0, 0.1) is 18.3 Å². The van der Waals surface area contributed by atoms with E-state index in [0.29, 0.717) is 12.2 Å². The van der Waals surface area contributed by atoms with Gasteiger partial charge in [-0.3, -0.25) is 9.48 Å². The minimum Gasteiger partial charge on any atom is -0.467 e. The van der Waals surface area contributed by atoms with Crippen molar-refractivity contribution in [1.29, 1.82) is 0 Å². The van der Waals surface area contributed by atoms with Gasteiger partial charge in [0.2, 0.25) is 0 Å². The number of ether oxygens (including phenoxy) is 1. The molecule has 1 aromatic carbocycles. The third kappa shape index (κ3) is 4.42. The third-order valence-corrected chi connectivity index (χ3v) is 4.22. The first-order chi connectivity index (χ1) is 12.5. The van der Waals surface area contributed by atoms with Crippen LogP contribution in [0.2, 0.25) is 0 Å². The lowest BCUT2D eigenvalue weighted by Crippen LogP contribution is -2.45. The number of rotatable bonds is 8. The van der Waals surface area contributed by atoms with Crippen molar-refractivity contribution in [3.8, 4) is 12.3 Å². The fourth-order valence-electron chi connectivity index (χ4n) is 2.79. The number of carbonyl (C=O) groups is 2. The number of aromatic nitrogens is 2. The summed E-state index contributed by atoms with van der Waals surface area (Å²) in [7, 11) is 1.31. The molecule has 1 N–H and O–H groups in total. The Kier molecular flexibility index (Phi) is 6.79. The average Bonchev–Trinajstić information content (AvgIpc) is 3.01. The van der Waals surface area contributed by atoms with E-state index in [1.165, 1.54) is 7.11 Å². The smallest absolute Gasteiger partial charge is 0.328 e. The number of nitrogens with one attached hydrogen (secondary N) is 1. The predicted octanol–water partition coefficient (Wildman–Crippen LogP) is 2.77. The summed E-state index contributed by atoms with van der Waals surface area (Å²) in [5, 5.41) is 7.99. The molecule has 2 rings (SSSR count). The number of nitrogens with zero attached hydrogens (tertiary/aromatic N) is 2. The number of fused-ring (bicyclic) bond motifs is 1. The summed E-state index contributed by atoms with van der Waals surface area (Å²) in [5.41, 5.74) is 1.20. The zero-order valence-electron chi connectivity index (χ0n) is 15.5. The van der Waals surface area contributed by atoms with Crippen LogP contribution in [0.3, 0.4) is 0 Å². The zero-order valence-corrected chi connectivity index (χ0v) is 15.5. The number of carbonyl (C=O) groups excluding carboxylic acids is 2. The highest BCUT2D eigenvalue weighted by molar-refractivity contribution is 6.06. The van der Waals surface area contributed by atoms with Crippen LogP contribution in [0.15, 0.2) is 24.3 Å². The molecule has 6 nitrogen and oxygen atoms in total. The van der Waals surface area contributed by atoms with E-state index in [0.717, 1.165) is 30.2 Å². The number of para-hydroxylation sites is 1. The molecule has 2 aromatic rings. The Hall–Kier alpha value is -2.81. The molecule has 138 valence electrons. The average molecular weight is 355 g/mol. The Bertz CT molecular complexity index is 817. The maximum atomic E-state index is 12.8. The summed E-state index contributed by atoms with van der Waals surface area (Å²) in [6.45, 7) is 4.38. The van der Waals surface area contributed by atoms with Crippen LogP contribution in [0.4, 0.5) is 0 Å². The lowest BCUT2D eigenvalue weighted by Gasteiger charge is -2.19. The summed E-state index contributed by atoms with van der Waals surface area (Å²) in [5.74, 6) is 1.68. The molecule has 1 aromatic heterocycles. The van der Waals surface area contributed by atoms with E-state index < -0.39 is 12.0 Å². The molecule has 1 unspecified atom stereocenters. The summed E-state index contributed by atoms with van der Waals surface area (Å²) in [4.78, 5) is 24.7. The van der Waals surface area contributed by atoms with Crippen LogP contribution in [0.1, 0.15) is 43.6 Å². The summed E-state index contributed by atoms with van der Waals surface area (Å²) in [6.07, 6.45) is 7.80. The topological polar surface area (TPSA) is 73.2 Å². The number of hydrogen-bond donors (Lipinski definition) is 1. The van der Waals surface area contributed by atoms with Gasteiger partial charge in [0.15, 0.2) is 5.69 Å². The van der Waals surface area contributed by atoms with E-state index in [1.54, 1.807) is 0 Å². The van der Waals surface area contributed by atoms with Crippen molar-refractivity contribution >= 4 is 22.8 Å². The normalized spacial score (nSPS) is 12.0. The van der Waals surface area contributed by atoms with Gasteiger partial charge in [-0.1, -0.05) is 32.0 Å². The Morgan fingerprint density at radius 3 is 2.69 bits per heavy atom. The van der Waals surface area contributed by atoms with Crippen LogP contribution in [0.25, 0.3) is 10.9 Å². The van der Waals surface area contributed by atoms with Crippen molar-refractivity contribution in [2.24, 2.45) is 5.92 Å². The molecule has 6 heteroatoms. The SMILES string of the molecule is C#CCCCCn1nc(C(=O)NC(C(=O)OC)C(C)C)c2ccccc21. The maximum Gasteiger partial charge on any atom is 0.328 e. The second kappa shape index (κ2) is 9.04. The van der Waals surface area contributed by atoms with Crippen molar-refractivity contribution in [3.63, 3.8) is 0 Å². The molecule has 0 aliphatic carbocycles. The molecule has 1 heterocycles. The number of esters is 1. The van der Waals surface area contributed by atoms with E-state index in [9.17, 15) is 9.59 Å². The van der Waals surface area contributed by atoms with Crippen LogP contribution in [0.5, 0.6) is 0 Å². The van der Waals surface area contributed by atoms with Crippen LogP contribution in [-0.4, -0.2) is 34.8 Å². The van der Waals surface area contributed by atoms with Gasteiger partial charge in [-0.15, -0.1) is 12.3 Å². The highest BCUT2D eigenvalue weighted by Gasteiger charge is 2.27. The van der Waals surface area contributed by atoms with Crippen molar-refractivity contribution in [3.05, 3.63) is 30.0 Å². The Balaban J connectivity index is 2.26. The quantitative estimate of drug-likeness (QED) is 0.449. The third-order valence-electron chi connectivity index (χ3n) is 4.22. The van der Waals surface area contributed by atoms with Gasteiger partial charge in [0.1, 0.15) is 6.04 Å². The Labute approximate surface area is 153 Å². The van der Waals surface area contributed by atoms with Crippen LogP contribution < -0.4 is 5.32 Å². The number of unbranched alkanes of at least 4 members (excludes halogenated alkanes) is 2. The first kappa shape index (κ1) is 19.5. The minimum atomic E-state index is -0.716. The van der Waals surface area contributed by atoms with E-state index in [4.69, 9.17) is 11.2 Å². The summed E-state index contributed by atoms with van der Waals surface area (Å²) in [6, 6.07) is 6.85. The number of hydrogen-bond acceptors (Lipinski definition) is 4. The van der Waals surface area contributed by atoms with Crippen molar-refractivity contribution in [2.45, 2.75) is 45.7 Å². The Morgan fingerprint density at radius 2 is 2.04 bits per heavy atom. The predicted molar refractivity (Wildman–Crippen MR) is 101 cm³/mol. The molecule has 0 saturated heterocycles. The van der Waals surface area contributed by atoms with Crippen molar-refractivity contribution in [2.75, 3.05) is 7.11 Å². The second-order valence-corrected chi connectivity index (χ2v) is 6.47. The van der Waals surface area contributed by atoms with Crippen molar-refractivity contribution in [1.82, 2.24) is 15.1 Å². The molecular weight excluding hydrogens is 330 g/mol. The molecule has 26 heavy (non-hydrogen) atoms. The van der Waals surface area contributed by atoms with E-state index in [-0.39, 0.29) is 11.8 Å². The first-order valence-corrected chi connectivity index (χ1v) is 8.77. The van der Waals surface area contributed by atoms with Crippen LogP contribution in [-0.2, 0) is 16.1 Å². The molecule has 1 amide bonds. The largest absolute Gasteiger partial charge is 0.467 e. The molecular formula is C20H25N3O3. The number of methoxy groups -OCH3 is 1. The summed E-state index contributed by atoms with van der Waals surface area (Å²) < 4.78 is 6.61. The highest BCUT2D eigenvalue weighted by Crippen LogP contribution is 2.19. The van der Waals surface area contributed by atoms with Gasteiger partial charge in [-0.25, -0.2) is 4.79 Å². The van der Waals surface area contributed by atoms with E-state index in [1.807, 2.05) is 42.8 Å². The van der Waals surface area contributed by atoms with Gasteiger partial charge in [-0.05, 0) is 24.8 Å². The molecule has 0 aliphatic heterocycles. The standard InChI is InChI=1S/C20H25N3O3/c1-5-6-7-10-13-23-16-12-9-8-11-15(16)18(22-23)19(24)21-17(14(2)3)20(25)26-4/h1,8-9,11-12,14,17H,6-7,10,13H2,2-4H3,(H,21,24). The Morgan fingerprint density at radius 1 is 1.31 bits per heavy atom. The number of terminal acetylenes is 1. The molecule has 0 fully saturated rings. The monoisotopic (exact) mass is 355 g/mol. The van der Waals surface area contributed by atoms with Gasteiger partial charge in [0.05, 0.1) is 12.6 Å². The highest BCUT2D eigenvalue weighted by atomic mass is 16.5. The van der Waals surface area contributed by atoms with Crippen LogP contribution >= 0.6 is 0 Å². The fourth-order valence-corrected chi connectivity index (χ4v) is 2.79. The molecule has 1 atom stereocenters. The van der Waals surface area contributed by atoms with Gasteiger partial charge in [0, 0.05) is 18.4 Å². The van der Waals surface area contributed by atoms with E-state index >= 15 is 0 Å². The molecule has 0 bridgehead atoms. The van der Waals surface area contributed by atoms with Gasteiger partial charge in [0.25, 0.3) is 5.91 Å². The minimum absolute atomic E-state index is 0.0940. The fraction of sp³-hybridized carbons (Fsp3) is 0.450. The molecule has 0 saturated carbocycles. The molecule has 0 spiro atoms. The molecule has 0 aliphatic rings. The number of amides is 1. The van der Waals surface area contributed by atoms with Gasteiger partial charge >= 0.3 is 5.97 Å².